The first-order chi connectivity index (χ1) is 7.16. The lowest BCUT2D eigenvalue weighted by molar-refractivity contribution is -0.149. The number of carbonyl (C=O) groups excluding carboxylic acids is 1. The molecule has 80 valence electrons. The van der Waals surface area contributed by atoms with Gasteiger partial charge in [-0.05, 0) is 18.6 Å². The SMILES string of the molecule is CCN1C(=O)[C@H](N)[C@H]1c1ccccc1Cl. The van der Waals surface area contributed by atoms with Crippen molar-refractivity contribution in [2.45, 2.75) is 19.0 Å². The standard InChI is InChI=1S/C11H13ClN2O/c1-2-14-10(9(13)11(14)15)7-5-3-4-6-8(7)12/h3-6,9-10H,2,13H2,1H3/t9-,10-/m1/s1. The highest BCUT2D eigenvalue weighted by atomic mass is 35.5. The van der Waals surface area contributed by atoms with Crippen molar-refractivity contribution in [2.24, 2.45) is 5.73 Å². The first-order valence-corrected chi connectivity index (χ1v) is 5.35. The molecule has 1 saturated heterocycles. The number of hydrogen-bond donors (Lipinski definition) is 1. The van der Waals surface area contributed by atoms with Gasteiger partial charge in [-0.1, -0.05) is 29.8 Å². The predicted octanol–water partition coefficient (Wildman–Crippen LogP) is 1.57. The molecule has 0 saturated carbocycles. The summed E-state index contributed by atoms with van der Waals surface area (Å²) in [5.41, 5.74) is 6.72. The molecule has 15 heavy (non-hydrogen) atoms. The summed E-state index contributed by atoms with van der Waals surface area (Å²) in [7, 11) is 0. The fraction of sp³-hybridized carbons (Fsp3) is 0.364. The summed E-state index contributed by atoms with van der Waals surface area (Å²) in [6.07, 6.45) is 0. The van der Waals surface area contributed by atoms with E-state index in [0.717, 1.165) is 5.56 Å². The average molecular weight is 225 g/mol. The van der Waals surface area contributed by atoms with E-state index in [2.05, 4.69) is 0 Å². The first-order valence-electron chi connectivity index (χ1n) is 4.97. The molecule has 1 aliphatic rings. The van der Waals surface area contributed by atoms with Gasteiger partial charge >= 0.3 is 0 Å². The summed E-state index contributed by atoms with van der Waals surface area (Å²) < 4.78 is 0. The van der Waals surface area contributed by atoms with Crippen LogP contribution in [0.3, 0.4) is 0 Å². The molecule has 0 spiro atoms. The van der Waals surface area contributed by atoms with Crippen molar-refractivity contribution in [2.75, 3.05) is 6.54 Å². The summed E-state index contributed by atoms with van der Waals surface area (Å²) in [5, 5.41) is 0.670. The molecule has 0 bridgehead atoms. The number of nitrogens with two attached hydrogens (primary N) is 1. The van der Waals surface area contributed by atoms with Crippen LogP contribution in [-0.4, -0.2) is 23.4 Å². The van der Waals surface area contributed by atoms with Crippen LogP contribution in [0, 0.1) is 0 Å². The first kappa shape index (κ1) is 10.5. The highest BCUT2D eigenvalue weighted by molar-refractivity contribution is 6.31. The largest absolute Gasteiger partial charge is 0.332 e. The zero-order chi connectivity index (χ0) is 11.0. The molecule has 1 amide bonds. The minimum absolute atomic E-state index is 0.00224. The molecular formula is C11H13ClN2O. The quantitative estimate of drug-likeness (QED) is 0.776. The molecule has 1 aromatic rings. The second-order valence-electron chi connectivity index (χ2n) is 3.62. The maximum Gasteiger partial charge on any atom is 0.242 e. The van der Waals surface area contributed by atoms with Gasteiger partial charge in [-0.2, -0.15) is 0 Å². The van der Waals surface area contributed by atoms with Gasteiger partial charge < -0.3 is 10.6 Å². The number of rotatable bonds is 2. The van der Waals surface area contributed by atoms with Crippen LogP contribution in [0.1, 0.15) is 18.5 Å². The van der Waals surface area contributed by atoms with E-state index in [1.807, 2.05) is 31.2 Å². The van der Waals surface area contributed by atoms with E-state index < -0.39 is 6.04 Å². The third kappa shape index (κ3) is 1.52. The molecule has 0 aromatic heterocycles. The van der Waals surface area contributed by atoms with Gasteiger partial charge in [-0.25, -0.2) is 0 Å². The molecule has 4 heteroatoms. The normalized spacial score (nSPS) is 25.3. The number of carbonyl (C=O) groups is 1. The maximum absolute atomic E-state index is 11.4. The Morgan fingerprint density at radius 1 is 1.47 bits per heavy atom. The number of likely N-dealkylation sites (N-methyl/N-ethyl adjacent to an activating group) is 1. The lowest BCUT2D eigenvalue weighted by Gasteiger charge is -2.45. The smallest absolute Gasteiger partial charge is 0.242 e. The molecule has 1 aromatic carbocycles. The Bertz CT molecular complexity index is 394. The summed E-state index contributed by atoms with van der Waals surface area (Å²) in [6, 6.07) is 7.02. The van der Waals surface area contributed by atoms with Crippen molar-refractivity contribution < 1.29 is 4.79 Å². The number of likely N-dealkylation sites (tertiary alicyclic amines) is 1. The van der Waals surface area contributed by atoms with Gasteiger partial charge in [0.15, 0.2) is 0 Å². The van der Waals surface area contributed by atoms with Crippen LogP contribution in [0.2, 0.25) is 5.02 Å². The fourth-order valence-corrected chi connectivity index (χ4v) is 2.25. The van der Waals surface area contributed by atoms with Gasteiger partial charge in [-0.15, -0.1) is 0 Å². The molecule has 0 radical (unpaired) electrons. The van der Waals surface area contributed by atoms with Crippen LogP contribution in [0.15, 0.2) is 24.3 Å². The third-order valence-electron chi connectivity index (χ3n) is 2.81. The van der Waals surface area contributed by atoms with Gasteiger partial charge in [0.2, 0.25) is 5.91 Å². The number of β-lactam (4-membered cyclic amide) rings is 1. The van der Waals surface area contributed by atoms with Crippen LogP contribution in [0.5, 0.6) is 0 Å². The monoisotopic (exact) mass is 224 g/mol. The number of nitrogens with zero attached hydrogens (tertiary/aromatic N) is 1. The van der Waals surface area contributed by atoms with Gasteiger partial charge in [0.1, 0.15) is 6.04 Å². The van der Waals surface area contributed by atoms with E-state index in [9.17, 15) is 4.79 Å². The second-order valence-corrected chi connectivity index (χ2v) is 4.02. The van der Waals surface area contributed by atoms with Crippen LogP contribution >= 0.6 is 11.6 Å². The van der Waals surface area contributed by atoms with E-state index in [1.165, 1.54) is 0 Å². The summed E-state index contributed by atoms with van der Waals surface area (Å²) in [6.45, 7) is 2.61. The second kappa shape index (κ2) is 3.83. The van der Waals surface area contributed by atoms with Crippen molar-refractivity contribution >= 4 is 17.5 Å². The van der Waals surface area contributed by atoms with Crippen LogP contribution in [0.25, 0.3) is 0 Å². The predicted molar refractivity (Wildman–Crippen MR) is 59.6 cm³/mol. The molecule has 3 nitrogen and oxygen atoms in total. The molecule has 1 fully saturated rings. The fourth-order valence-electron chi connectivity index (χ4n) is 2.00. The lowest BCUT2D eigenvalue weighted by Crippen LogP contribution is -2.62. The highest BCUT2D eigenvalue weighted by Gasteiger charge is 2.45. The molecule has 1 aliphatic heterocycles. The lowest BCUT2D eigenvalue weighted by atomic mass is 9.89. The van der Waals surface area contributed by atoms with E-state index >= 15 is 0 Å². The summed E-state index contributed by atoms with van der Waals surface area (Å²) >= 11 is 6.07. The number of benzene rings is 1. The Morgan fingerprint density at radius 2 is 2.13 bits per heavy atom. The summed E-state index contributed by atoms with van der Waals surface area (Å²) in [4.78, 5) is 13.2. The Hall–Kier alpha value is -1.06. The molecule has 2 N–H and O–H groups in total. The van der Waals surface area contributed by atoms with Gasteiger partial charge in [0.25, 0.3) is 0 Å². The Labute approximate surface area is 93.8 Å². The highest BCUT2D eigenvalue weighted by Crippen LogP contribution is 2.36. The van der Waals surface area contributed by atoms with Crippen molar-refractivity contribution in [3.8, 4) is 0 Å². The van der Waals surface area contributed by atoms with Gasteiger partial charge in [0.05, 0.1) is 6.04 Å². The van der Waals surface area contributed by atoms with Crippen molar-refractivity contribution in [1.29, 1.82) is 0 Å². The van der Waals surface area contributed by atoms with E-state index in [1.54, 1.807) is 4.90 Å². The van der Waals surface area contributed by atoms with E-state index in [4.69, 9.17) is 17.3 Å². The van der Waals surface area contributed by atoms with Crippen LogP contribution in [0.4, 0.5) is 0 Å². The number of amides is 1. The van der Waals surface area contributed by atoms with Crippen LogP contribution < -0.4 is 5.73 Å². The zero-order valence-corrected chi connectivity index (χ0v) is 9.24. The minimum Gasteiger partial charge on any atom is -0.332 e. The van der Waals surface area contributed by atoms with Crippen molar-refractivity contribution in [3.63, 3.8) is 0 Å². The van der Waals surface area contributed by atoms with Gasteiger partial charge in [-0.3, -0.25) is 4.79 Å². The Morgan fingerprint density at radius 3 is 2.73 bits per heavy atom. The Balaban J connectivity index is 2.32. The molecular weight excluding hydrogens is 212 g/mol. The van der Waals surface area contributed by atoms with E-state index in [0.29, 0.717) is 11.6 Å². The number of hydrogen-bond acceptors (Lipinski definition) is 2. The summed E-state index contributed by atoms with van der Waals surface area (Å²) in [5.74, 6) is 0.00224. The van der Waals surface area contributed by atoms with E-state index in [-0.39, 0.29) is 11.9 Å². The molecule has 0 aliphatic carbocycles. The number of halogens is 1. The average Bonchev–Trinajstić information content (AvgIpc) is 2.26. The molecule has 1 heterocycles. The third-order valence-corrected chi connectivity index (χ3v) is 3.15. The molecule has 0 unspecified atom stereocenters. The minimum atomic E-state index is -0.440. The molecule has 2 rings (SSSR count). The topological polar surface area (TPSA) is 46.3 Å². The van der Waals surface area contributed by atoms with Gasteiger partial charge in [0, 0.05) is 11.6 Å². The van der Waals surface area contributed by atoms with Crippen LogP contribution in [-0.2, 0) is 4.79 Å². The molecule has 2 atom stereocenters. The van der Waals surface area contributed by atoms with Crippen molar-refractivity contribution in [3.05, 3.63) is 34.9 Å². The Kier molecular flexibility index (Phi) is 2.67. The van der Waals surface area contributed by atoms with Crippen molar-refractivity contribution in [1.82, 2.24) is 4.90 Å². The zero-order valence-electron chi connectivity index (χ0n) is 8.48. The maximum atomic E-state index is 11.4.